The van der Waals surface area contributed by atoms with Crippen LogP contribution in [0.5, 0.6) is 17.2 Å². The third-order valence-corrected chi connectivity index (χ3v) is 2.31. The largest absolute Gasteiger partial charge is 0.493 e. The van der Waals surface area contributed by atoms with Crippen molar-refractivity contribution in [3.05, 3.63) is 17.7 Å². The number of benzene rings is 1. The quantitative estimate of drug-likeness (QED) is 0.611. The Morgan fingerprint density at radius 2 is 1.65 bits per heavy atom. The summed E-state index contributed by atoms with van der Waals surface area (Å²) in [6.45, 7) is 0. The van der Waals surface area contributed by atoms with Gasteiger partial charge in [-0.25, -0.2) is 0 Å². The van der Waals surface area contributed by atoms with Crippen LogP contribution in [-0.4, -0.2) is 27.2 Å². The molecular weight excluding hydrogens is 240 g/mol. The molecule has 17 heavy (non-hydrogen) atoms. The summed E-state index contributed by atoms with van der Waals surface area (Å²) in [5.74, 6) is 8.24. The van der Waals surface area contributed by atoms with Crippen LogP contribution in [0.25, 0.3) is 0 Å². The zero-order valence-electron chi connectivity index (χ0n) is 10.2. The molecule has 1 rings (SSSR count). The molecule has 92 valence electrons. The van der Waals surface area contributed by atoms with Gasteiger partial charge in [0.25, 0.3) is 0 Å². The van der Waals surface area contributed by atoms with E-state index < -0.39 is 0 Å². The van der Waals surface area contributed by atoms with E-state index in [1.807, 2.05) is 12.1 Å². The fourth-order valence-corrected chi connectivity index (χ4v) is 1.46. The molecule has 0 heterocycles. The fraction of sp³-hybridized carbons (Fsp3) is 0.385. The zero-order valence-corrected chi connectivity index (χ0v) is 10.9. The molecule has 0 saturated carbocycles. The van der Waals surface area contributed by atoms with Crippen molar-refractivity contribution in [3.8, 4) is 29.1 Å². The number of alkyl halides is 1. The molecule has 0 aliphatic heterocycles. The number of ether oxygens (including phenoxy) is 3. The van der Waals surface area contributed by atoms with Gasteiger partial charge in [0.15, 0.2) is 11.5 Å². The summed E-state index contributed by atoms with van der Waals surface area (Å²) in [7, 11) is 4.72. The standard InChI is InChI=1S/C13H15ClO3/c1-15-11-8-10(6-4-5-7-14)9-12(16-2)13(11)17-3/h8-9H,5,7H2,1-3H3. The van der Waals surface area contributed by atoms with E-state index in [0.717, 1.165) is 5.56 Å². The molecule has 0 bridgehead atoms. The first kappa shape index (κ1) is 13.5. The highest BCUT2D eigenvalue weighted by atomic mass is 35.5. The van der Waals surface area contributed by atoms with Crippen molar-refractivity contribution in [2.24, 2.45) is 0 Å². The molecule has 0 unspecified atom stereocenters. The Bertz CT molecular complexity index is 407. The van der Waals surface area contributed by atoms with Gasteiger partial charge in [-0.3, -0.25) is 0 Å². The van der Waals surface area contributed by atoms with Crippen LogP contribution in [0, 0.1) is 11.8 Å². The van der Waals surface area contributed by atoms with Gasteiger partial charge in [-0.05, 0) is 12.1 Å². The second-order valence-corrected chi connectivity index (χ2v) is 3.53. The van der Waals surface area contributed by atoms with E-state index in [1.165, 1.54) is 0 Å². The Hall–Kier alpha value is -1.53. The lowest BCUT2D eigenvalue weighted by atomic mass is 10.2. The van der Waals surface area contributed by atoms with Crippen molar-refractivity contribution >= 4 is 11.6 Å². The Kier molecular flexibility index (Phi) is 5.51. The minimum atomic E-state index is 0.525. The van der Waals surface area contributed by atoms with Crippen LogP contribution in [0.1, 0.15) is 12.0 Å². The van der Waals surface area contributed by atoms with E-state index >= 15 is 0 Å². The molecule has 0 aromatic heterocycles. The number of rotatable bonds is 4. The van der Waals surface area contributed by atoms with Crippen LogP contribution in [0.4, 0.5) is 0 Å². The van der Waals surface area contributed by atoms with Crippen molar-refractivity contribution in [2.45, 2.75) is 6.42 Å². The summed E-state index contributed by atoms with van der Waals surface area (Å²) >= 11 is 5.56. The smallest absolute Gasteiger partial charge is 0.203 e. The molecule has 3 nitrogen and oxygen atoms in total. The van der Waals surface area contributed by atoms with E-state index in [4.69, 9.17) is 25.8 Å². The lowest BCUT2D eigenvalue weighted by Gasteiger charge is -2.12. The van der Waals surface area contributed by atoms with Gasteiger partial charge in [0, 0.05) is 17.9 Å². The first-order valence-corrected chi connectivity index (χ1v) is 5.65. The number of hydrogen-bond acceptors (Lipinski definition) is 3. The van der Waals surface area contributed by atoms with Crippen molar-refractivity contribution in [3.63, 3.8) is 0 Å². The molecule has 0 aliphatic carbocycles. The van der Waals surface area contributed by atoms with Crippen LogP contribution < -0.4 is 14.2 Å². The molecule has 0 N–H and O–H groups in total. The SMILES string of the molecule is COc1cc(C#CCCCl)cc(OC)c1OC. The fourth-order valence-electron chi connectivity index (χ4n) is 1.37. The molecule has 0 saturated heterocycles. The maximum Gasteiger partial charge on any atom is 0.203 e. The van der Waals surface area contributed by atoms with Crippen LogP contribution in [-0.2, 0) is 0 Å². The average Bonchev–Trinajstić information content (AvgIpc) is 2.37. The first-order valence-electron chi connectivity index (χ1n) is 5.11. The van der Waals surface area contributed by atoms with Gasteiger partial charge in [-0.1, -0.05) is 11.8 Å². The van der Waals surface area contributed by atoms with Crippen molar-refractivity contribution < 1.29 is 14.2 Å². The predicted molar refractivity (Wildman–Crippen MR) is 68.3 cm³/mol. The van der Waals surface area contributed by atoms with Gasteiger partial charge in [-0.2, -0.15) is 0 Å². The molecule has 0 spiro atoms. The summed E-state index contributed by atoms with van der Waals surface area (Å²) in [6, 6.07) is 3.62. The minimum absolute atomic E-state index is 0.525. The molecule has 4 heteroatoms. The van der Waals surface area contributed by atoms with E-state index in [1.54, 1.807) is 21.3 Å². The van der Waals surface area contributed by atoms with Crippen LogP contribution >= 0.6 is 11.6 Å². The lowest BCUT2D eigenvalue weighted by Crippen LogP contribution is -1.95. The molecule has 0 atom stereocenters. The van der Waals surface area contributed by atoms with Gasteiger partial charge in [0.05, 0.1) is 21.3 Å². The highest BCUT2D eigenvalue weighted by Crippen LogP contribution is 2.37. The third kappa shape index (κ3) is 3.47. The van der Waals surface area contributed by atoms with Gasteiger partial charge in [0.2, 0.25) is 5.75 Å². The molecule has 0 radical (unpaired) electrons. The predicted octanol–water partition coefficient (Wildman–Crippen LogP) is 2.69. The molecule has 0 fully saturated rings. The maximum atomic E-state index is 5.56. The highest BCUT2D eigenvalue weighted by Gasteiger charge is 2.11. The second-order valence-electron chi connectivity index (χ2n) is 3.15. The normalized spacial score (nSPS) is 9.18. The van der Waals surface area contributed by atoms with Crippen LogP contribution in [0.2, 0.25) is 0 Å². The Morgan fingerprint density at radius 1 is 1.06 bits per heavy atom. The monoisotopic (exact) mass is 254 g/mol. The van der Waals surface area contributed by atoms with Crippen LogP contribution in [0.3, 0.4) is 0 Å². The van der Waals surface area contributed by atoms with Crippen LogP contribution in [0.15, 0.2) is 12.1 Å². The molecule has 1 aromatic carbocycles. The third-order valence-electron chi connectivity index (χ3n) is 2.12. The first-order chi connectivity index (χ1) is 8.26. The average molecular weight is 255 g/mol. The van der Waals surface area contributed by atoms with Gasteiger partial charge >= 0.3 is 0 Å². The van der Waals surface area contributed by atoms with Gasteiger partial charge in [0.1, 0.15) is 0 Å². The van der Waals surface area contributed by atoms with Crippen molar-refractivity contribution in [1.29, 1.82) is 0 Å². The number of hydrogen-bond donors (Lipinski definition) is 0. The summed E-state index contributed by atoms with van der Waals surface area (Å²) in [5.41, 5.74) is 0.810. The van der Waals surface area contributed by atoms with E-state index in [0.29, 0.717) is 29.5 Å². The Labute approximate surface area is 107 Å². The van der Waals surface area contributed by atoms with E-state index in [2.05, 4.69) is 11.8 Å². The number of methoxy groups -OCH3 is 3. The maximum absolute atomic E-state index is 5.56. The Balaban J connectivity index is 3.14. The summed E-state index contributed by atoms with van der Waals surface area (Å²) in [5, 5.41) is 0. The highest BCUT2D eigenvalue weighted by molar-refractivity contribution is 6.18. The molecule has 0 aliphatic rings. The van der Waals surface area contributed by atoms with Crippen molar-refractivity contribution in [2.75, 3.05) is 27.2 Å². The lowest BCUT2D eigenvalue weighted by molar-refractivity contribution is 0.324. The number of halogens is 1. The molecule has 1 aromatic rings. The Morgan fingerprint density at radius 3 is 2.06 bits per heavy atom. The minimum Gasteiger partial charge on any atom is -0.493 e. The topological polar surface area (TPSA) is 27.7 Å². The van der Waals surface area contributed by atoms with Crippen molar-refractivity contribution in [1.82, 2.24) is 0 Å². The summed E-state index contributed by atoms with van der Waals surface area (Å²) in [6.07, 6.45) is 0.651. The van der Waals surface area contributed by atoms with E-state index in [-0.39, 0.29) is 0 Å². The van der Waals surface area contributed by atoms with Gasteiger partial charge < -0.3 is 14.2 Å². The molecule has 0 amide bonds. The summed E-state index contributed by atoms with van der Waals surface area (Å²) in [4.78, 5) is 0. The van der Waals surface area contributed by atoms with E-state index in [9.17, 15) is 0 Å². The zero-order chi connectivity index (χ0) is 12.7. The second kappa shape index (κ2) is 6.93. The van der Waals surface area contributed by atoms with Gasteiger partial charge in [-0.15, -0.1) is 11.6 Å². The summed E-state index contributed by atoms with van der Waals surface area (Å²) < 4.78 is 15.7. The molecular formula is C13H15ClO3.